The van der Waals surface area contributed by atoms with E-state index in [1.165, 1.54) is 0 Å². The van der Waals surface area contributed by atoms with Crippen LogP contribution in [0.25, 0.3) is 0 Å². The second-order valence-corrected chi connectivity index (χ2v) is 6.26. The summed E-state index contributed by atoms with van der Waals surface area (Å²) in [6, 6.07) is 3.46. The van der Waals surface area contributed by atoms with Crippen molar-refractivity contribution in [1.82, 2.24) is 25.1 Å². The number of ether oxygens (including phenoxy) is 2. The Morgan fingerprint density at radius 2 is 1.71 bits per heavy atom. The maximum Gasteiger partial charge on any atom is 0.330 e. The smallest absolute Gasteiger partial charge is 0.330 e. The summed E-state index contributed by atoms with van der Waals surface area (Å²) in [6.45, 7) is 8.46. The highest BCUT2D eigenvalue weighted by Gasteiger charge is 2.16. The second kappa shape index (κ2) is 7.24. The molecule has 24 heavy (non-hydrogen) atoms. The number of hydrogen-bond acceptors (Lipinski definition) is 9. The molecule has 0 spiro atoms. The van der Waals surface area contributed by atoms with E-state index in [-0.39, 0.29) is 17.4 Å². The van der Waals surface area contributed by atoms with Crippen LogP contribution in [0.2, 0.25) is 0 Å². The van der Waals surface area contributed by atoms with Crippen molar-refractivity contribution in [3.05, 3.63) is 12.1 Å². The van der Waals surface area contributed by atoms with Gasteiger partial charge in [0, 0.05) is 31.8 Å². The van der Waals surface area contributed by atoms with E-state index in [0.29, 0.717) is 24.4 Å². The maximum absolute atomic E-state index is 5.60. The van der Waals surface area contributed by atoms with Gasteiger partial charge < -0.3 is 19.7 Å². The first-order valence-electron chi connectivity index (χ1n) is 7.63. The van der Waals surface area contributed by atoms with Crippen LogP contribution in [0.15, 0.2) is 12.1 Å². The van der Waals surface area contributed by atoms with Gasteiger partial charge in [0.05, 0.1) is 6.61 Å². The Morgan fingerprint density at radius 1 is 1.04 bits per heavy atom. The Bertz CT molecular complexity index is 669. The lowest BCUT2D eigenvalue weighted by Crippen LogP contribution is -2.28. The average Bonchev–Trinajstić information content (AvgIpc) is 2.47. The van der Waals surface area contributed by atoms with Crippen molar-refractivity contribution in [2.24, 2.45) is 0 Å². The van der Waals surface area contributed by atoms with Gasteiger partial charge in [-0.2, -0.15) is 15.0 Å². The lowest BCUT2D eigenvalue weighted by Gasteiger charge is -2.21. The van der Waals surface area contributed by atoms with Crippen LogP contribution in [-0.2, 0) is 0 Å². The lowest BCUT2D eigenvalue weighted by molar-refractivity contribution is 0.318. The molecule has 0 saturated heterocycles. The van der Waals surface area contributed by atoms with Gasteiger partial charge in [0.1, 0.15) is 0 Å². The van der Waals surface area contributed by atoms with Crippen molar-refractivity contribution in [1.29, 1.82) is 0 Å². The van der Waals surface area contributed by atoms with Crippen LogP contribution >= 0.6 is 0 Å². The van der Waals surface area contributed by atoms with E-state index >= 15 is 0 Å². The van der Waals surface area contributed by atoms with Gasteiger partial charge in [-0.25, -0.2) is 0 Å². The van der Waals surface area contributed by atoms with E-state index in [2.05, 4.69) is 30.5 Å². The normalized spacial score (nSPS) is 11.1. The van der Waals surface area contributed by atoms with Gasteiger partial charge in [0.15, 0.2) is 0 Å². The molecule has 2 aromatic rings. The highest BCUT2D eigenvalue weighted by atomic mass is 16.5. The molecule has 0 unspecified atom stereocenters. The number of nitrogens with one attached hydrogen (secondary N) is 1. The monoisotopic (exact) mass is 333 g/mol. The first-order valence-corrected chi connectivity index (χ1v) is 7.63. The zero-order chi connectivity index (χ0) is 17.7. The first-order chi connectivity index (χ1) is 11.3. The standard InChI is InChI=1S/C15H23N7O2/c1-7-23-10-8-9-11(21-20-10)24-14-17-12(19-15(2,3)4)16-13(18-14)22(5)6/h8-9H,7H2,1-6H3,(H,16,17,18,19). The van der Waals surface area contributed by atoms with E-state index in [1.54, 1.807) is 17.0 Å². The lowest BCUT2D eigenvalue weighted by atomic mass is 10.1. The summed E-state index contributed by atoms with van der Waals surface area (Å²) < 4.78 is 10.8. The van der Waals surface area contributed by atoms with Crippen LogP contribution < -0.4 is 19.7 Å². The van der Waals surface area contributed by atoms with Crippen LogP contribution in [0, 0.1) is 0 Å². The molecule has 0 amide bonds. The van der Waals surface area contributed by atoms with Gasteiger partial charge in [0.25, 0.3) is 0 Å². The van der Waals surface area contributed by atoms with E-state index in [9.17, 15) is 0 Å². The molecule has 2 heterocycles. The number of anilines is 2. The van der Waals surface area contributed by atoms with Crippen LogP contribution in [0.3, 0.4) is 0 Å². The minimum atomic E-state index is -0.193. The minimum absolute atomic E-state index is 0.138. The molecule has 2 rings (SSSR count). The highest BCUT2D eigenvalue weighted by Crippen LogP contribution is 2.21. The Labute approximate surface area is 141 Å². The zero-order valence-electron chi connectivity index (χ0n) is 14.9. The van der Waals surface area contributed by atoms with Gasteiger partial charge in [-0.05, 0) is 27.7 Å². The molecule has 0 bridgehead atoms. The fourth-order valence-electron chi connectivity index (χ4n) is 1.66. The van der Waals surface area contributed by atoms with Gasteiger partial charge in [0.2, 0.25) is 23.7 Å². The van der Waals surface area contributed by atoms with Crippen molar-refractivity contribution >= 4 is 11.9 Å². The van der Waals surface area contributed by atoms with E-state index in [4.69, 9.17) is 9.47 Å². The molecule has 0 aliphatic carbocycles. The third kappa shape index (κ3) is 5.18. The fraction of sp³-hybridized carbons (Fsp3) is 0.533. The van der Waals surface area contributed by atoms with Crippen molar-refractivity contribution in [3.8, 4) is 17.8 Å². The Morgan fingerprint density at radius 3 is 2.25 bits per heavy atom. The SMILES string of the molecule is CCOc1ccc(Oc2nc(NC(C)(C)C)nc(N(C)C)n2)nn1. The molecular weight excluding hydrogens is 310 g/mol. The summed E-state index contributed by atoms with van der Waals surface area (Å²) in [5.41, 5.74) is -0.193. The molecule has 0 fully saturated rings. The molecular formula is C15H23N7O2. The Balaban J connectivity index is 2.24. The van der Waals surface area contributed by atoms with E-state index < -0.39 is 0 Å². The summed E-state index contributed by atoms with van der Waals surface area (Å²) in [5.74, 6) is 1.61. The molecule has 0 aromatic carbocycles. The predicted molar refractivity (Wildman–Crippen MR) is 90.8 cm³/mol. The molecule has 0 aliphatic heterocycles. The molecule has 0 aliphatic rings. The van der Waals surface area contributed by atoms with Gasteiger partial charge in [-0.3, -0.25) is 0 Å². The maximum atomic E-state index is 5.60. The fourth-order valence-corrected chi connectivity index (χ4v) is 1.66. The average molecular weight is 333 g/mol. The molecule has 2 aromatic heterocycles. The summed E-state index contributed by atoms with van der Waals surface area (Å²) in [6.07, 6.45) is 0. The van der Waals surface area contributed by atoms with Crippen LogP contribution in [0.4, 0.5) is 11.9 Å². The van der Waals surface area contributed by atoms with E-state index in [1.807, 2.05) is 41.8 Å². The summed E-state index contributed by atoms with van der Waals surface area (Å²) in [5, 5.41) is 11.1. The molecule has 0 atom stereocenters. The van der Waals surface area contributed by atoms with Gasteiger partial charge >= 0.3 is 6.01 Å². The number of aromatic nitrogens is 5. The largest absolute Gasteiger partial charge is 0.477 e. The second-order valence-electron chi connectivity index (χ2n) is 6.26. The molecule has 1 N–H and O–H groups in total. The first kappa shape index (κ1) is 17.6. The van der Waals surface area contributed by atoms with Crippen molar-refractivity contribution in [3.63, 3.8) is 0 Å². The quantitative estimate of drug-likeness (QED) is 0.852. The molecule has 9 nitrogen and oxygen atoms in total. The number of rotatable bonds is 6. The van der Waals surface area contributed by atoms with Crippen LogP contribution in [0.1, 0.15) is 27.7 Å². The van der Waals surface area contributed by atoms with Crippen molar-refractivity contribution in [2.75, 3.05) is 30.9 Å². The minimum Gasteiger partial charge on any atom is -0.477 e. The number of nitrogens with zero attached hydrogens (tertiary/aromatic N) is 6. The van der Waals surface area contributed by atoms with Crippen LogP contribution in [-0.4, -0.2) is 51.4 Å². The third-order valence-corrected chi connectivity index (χ3v) is 2.59. The molecule has 0 saturated carbocycles. The molecule has 0 radical (unpaired) electrons. The van der Waals surface area contributed by atoms with Crippen molar-refractivity contribution < 1.29 is 9.47 Å². The zero-order valence-corrected chi connectivity index (χ0v) is 14.9. The van der Waals surface area contributed by atoms with E-state index in [0.717, 1.165) is 0 Å². The summed E-state index contributed by atoms with van der Waals surface area (Å²) in [7, 11) is 3.69. The summed E-state index contributed by atoms with van der Waals surface area (Å²) in [4.78, 5) is 14.7. The van der Waals surface area contributed by atoms with Crippen LogP contribution in [0.5, 0.6) is 17.8 Å². The topological polar surface area (TPSA) is 98.2 Å². The highest BCUT2D eigenvalue weighted by molar-refractivity contribution is 5.39. The van der Waals surface area contributed by atoms with Gasteiger partial charge in [-0.15, -0.1) is 10.2 Å². The molecule has 130 valence electrons. The Kier molecular flexibility index (Phi) is 5.32. The third-order valence-electron chi connectivity index (χ3n) is 2.59. The van der Waals surface area contributed by atoms with Gasteiger partial charge in [-0.1, -0.05) is 0 Å². The van der Waals surface area contributed by atoms with Crippen molar-refractivity contribution in [2.45, 2.75) is 33.2 Å². The predicted octanol–water partition coefficient (Wildman–Crippen LogP) is 2.13. The summed E-state index contributed by atoms with van der Waals surface area (Å²) >= 11 is 0. The molecule has 9 heteroatoms. The Hall–Kier alpha value is -2.71. The number of hydrogen-bond donors (Lipinski definition) is 1.